The lowest BCUT2D eigenvalue weighted by atomic mass is 9.96. The van der Waals surface area contributed by atoms with Crippen LogP contribution in [0.5, 0.6) is 0 Å². The largest absolute Gasteiger partial charge is 0.310 e. The van der Waals surface area contributed by atoms with Crippen molar-refractivity contribution in [3.05, 3.63) is 0 Å². The van der Waals surface area contributed by atoms with E-state index in [1.807, 2.05) is 0 Å². The van der Waals surface area contributed by atoms with Gasteiger partial charge in [0.1, 0.15) is 0 Å². The van der Waals surface area contributed by atoms with Crippen LogP contribution in [0.25, 0.3) is 0 Å². The Bertz CT molecular complexity index is 309. The second-order valence-electron chi connectivity index (χ2n) is 7.75. The van der Waals surface area contributed by atoms with E-state index < -0.39 is 0 Å². The van der Waals surface area contributed by atoms with E-state index >= 15 is 0 Å². The van der Waals surface area contributed by atoms with Gasteiger partial charge >= 0.3 is 0 Å². The van der Waals surface area contributed by atoms with Gasteiger partial charge in [-0.3, -0.25) is 0 Å². The van der Waals surface area contributed by atoms with E-state index in [9.17, 15) is 0 Å². The normalized spacial score (nSPS) is 32.2. The minimum absolute atomic E-state index is 0.479. The lowest BCUT2D eigenvalue weighted by Gasteiger charge is -2.34. The first kappa shape index (κ1) is 14.8. The average Bonchev–Trinajstić information content (AvgIpc) is 2.99. The van der Waals surface area contributed by atoms with Gasteiger partial charge in [0.2, 0.25) is 0 Å². The van der Waals surface area contributed by atoms with Gasteiger partial charge in [-0.2, -0.15) is 0 Å². The van der Waals surface area contributed by atoms with Crippen molar-refractivity contribution in [2.45, 2.75) is 64.0 Å². The van der Waals surface area contributed by atoms with Crippen LogP contribution in [0.15, 0.2) is 0 Å². The summed E-state index contributed by atoms with van der Waals surface area (Å²) in [5.74, 6) is 0.911. The van der Waals surface area contributed by atoms with Gasteiger partial charge in [-0.05, 0) is 65.1 Å². The zero-order chi connectivity index (χ0) is 14.0. The predicted molar refractivity (Wildman–Crippen MR) is 85.1 cm³/mol. The van der Waals surface area contributed by atoms with Crippen molar-refractivity contribution in [1.82, 2.24) is 15.1 Å². The van der Waals surface area contributed by atoms with Gasteiger partial charge in [0.15, 0.2) is 0 Å². The van der Waals surface area contributed by atoms with E-state index in [0.717, 1.165) is 12.0 Å². The zero-order valence-corrected chi connectivity index (χ0v) is 13.5. The fourth-order valence-corrected chi connectivity index (χ4v) is 4.61. The summed E-state index contributed by atoms with van der Waals surface area (Å²) in [4.78, 5) is 5.45. The van der Waals surface area contributed by atoms with Crippen LogP contribution in [0.3, 0.4) is 0 Å². The van der Waals surface area contributed by atoms with E-state index in [4.69, 9.17) is 0 Å². The number of likely N-dealkylation sites (tertiary alicyclic amines) is 1. The number of hydrogen-bond acceptors (Lipinski definition) is 3. The molecule has 1 N–H and O–H groups in total. The first-order valence-electron chi connectivity index (χ1n) is 8.88. The summed E-state index contributed by atoms with van der Waals surface area (Å²) in [5.41, 5.74) is 0.479. The van der Waals surface area contributed by atoms with Crippen molar-refractivity contribution in [3.63, 3.8) is 0 Å². The number of rotatable bonds is 3. The molecule has 0 aromatic rings. The highest BCUT2D eigenvalue weighted by Gasteiger charge is 2.37. The van der Waals surface area contributed by atoms with Crippen LogP contribution in [0.4, 0.5) is 0 Å². The standard InChI is InChI=1S/C17H33N3/c1-15(2)20-11-6-16(13-20)12-19-10-5-9-18-17(14-19)7-3-4-8-17/h15-16,18H,3-14H2,1-2H3. The van der Waals surface area contributed by atoms with E-state index in [-0.39, 0.29) is 0 Å². The average molecular weight is 279 g/mol. The van der Waals surface area contributed by atoms with Crippen molar-refractivity contribution in [2.75, 3.05) is 39.3 Å². The molecule has 0 bridgehead atoms. The molecular formula is C17H33N3. The molecule has 20 heavy (non-hydrogen) atoms. The molecule has 1 saturated carbocycles. The summed E-state index contributed by atoms with van der Waals surface area (Å²) in [6.07, 6.45) is 8.44. The van der Waals surface area contributed by atoms with Crippen LogP contribution >= 0.6 is 0 Å². The fourth-order valence-electron chi connectivity index (χ4n) is 4.61. The van der Waals surface area contributed by atoms with Gasteiger partial charge in [-0.15, -0.1) is 0 Å². The Morgan fingerprint density at radius 3 is 2.65 bits per heavy atom. The molecule has 3 nitrogen and oxygen atoms in total. The molecule has 3 heteroatoms. The third-order valence-electron chi connectivity index (χ3n) is 5.80. The van der Waals surface area contributed by atoms with E-state index in [2.05, 4.69) is 29.0 Å². The minimum atomic E-state index is 0.479. The Balaban J connectivity index is 1.54. The van der Waals surface area contributed by atoms with Crippen LogP contribution in [0.2, 0.25) is 0 Å². The predicted octanol–water partition coefficient (Wildman–Crippen LogP) is 2.32. The number of nitrogens with zero attached hydrogens (tertiary/aromatic N) is 2. The second-order valence-corrected chi connectivity index (χ2v) is 7.75. The Hall–Kier alpha value is -0.120. The molecule has 0 aromatic heterocycles. The Morgan fingerprint density at radius 1 is 1.15 bits per heavy atom. The molecule has 2 aliphatic heterocycles. The van der Waals surface area contributed by atoms with Crippen molar-refractivity contribution in [1.29, 1.82) is 0 Å². The summed E-state index contributed by atoms with van der Waals surface area (Å²) in [6, 6.07) is 0.729. The highest BCUT2D eigenvalue weighted by molar-refractivity contribution is 4.97. The molecular weight excluding hydrogens is 246 g/mol. The van der Waals surface area contributed by atoms with Crippen LogP contribution in [0, 0.1) is 5.92 Å². The Kier molecular flexibility index (Phi) is 4.68. The maximum Gasteiger partial charge on any atom is 0.0308 e. The van der Waals surface area contributed by atoms with Crippen molar-refractivity contribution < 1.29 is 0 Å². The lowest BCUT2D eigenvalue weighted by Crippen LogP contribution is -2.50. The van der Waals surface area contributed by atoms with E-state index in [0.29, 0.717) is 5.54 Å². The molecule has 116 valence electrons. The highest BCUT2D eigenvalue weighted by atomic mass is 15.2. The lowest BCUT2D eigenvalue weighted by molar-refractivity contribution is 0.179. The van der Waals surface area contributed by atoms with Crippen LogP contribution < -0.4 is 5.32 Å². The molecule has 0 aromatic carbocycles. The van der Waals surface area contributed by atoms with E-state index in [1.165, 1.54) is 77.8 Å². The van der Waals surface area contributed by atoms with Gasteiger partial charge in [-0.1, -0.05) is 12.8 Å². The maximum atomic E-state index is 3.89. The van der Waals surface area contributed by atoms with Crippen molar-refractivity contribution in [3.8, 4) is 0 Å². The third-order valence-corrected chi connectivity index (χ3v) is 5.80. The molecule has 1 unspecified atom stereocenters. The molecule has 1 aliphatic carbocycles. The molecule has 1 atom stereocenters. The number of nitrogens with one attached hydrogen (secondary N) is 1. The summed E-state index contributed by atoms with van der Waals surface area (Å²) < 4.78 is 0. The van der Waals surface area contributed by atoms with Gasteiger partial charge < -0.3 is 15.1 Å². The third kappa shape index (κ3) is 3.37. The van der Waals surface area contributed by atoms with Crippen molar-refractivity contribution in [2.24, 2.45) is 5.92 Å². The Labute approximate surface area is 125 Å². The SMILES string of the molecule is CC(C)N1CCC(CN2CCCNC3(CCCC3)C2)C1. The fraction of sp³-hybridized carbons (Fsp3) is 1.00. The smallest absolute Gasteiger partial charge is 0.0308 e. The molecule has 0 amide bonds. The molecule has 2 heterocycles. The first-order chi connectivity index (χ1) is 9.67. The van der Waals surface area contributed by atoms with Gasteiger partial charge in [-0.25, -0.2) is 0 Å². The van der Waals surface area contributed by atoms with Gasteiger partial charge in [0.25, 0.3) is 0 Å². The summed E-state index contributed by atoms with van der Waals surface area (Å²) >= 11 is 0. The van der Waals surface area contributed by atoms with Crippen LogP contribution in [-0.4, -0.2) is 60.6 Å². The summed E-state index contributed by atoms with van der Waals surface area (Å²) in [5, 5.41) is 3.89. The molecule has 3 rings (SSSR count). The quantitative estimate of drug-likeness (QED) is 0.855. The number of hydrogen-bond donors (Lipinski definition) is 1. The van der Waals surface area contributed by atoms with Crippen LogP contribution in [-0.2, 0) is 0 Å². The maximum absolute atomic E-state index is 3.89. The topological polar surface area (TPSA) is 18.5 Å². The Morgan fingerprint density at radius 2 is 1.95 bits per heavy atom. The molecule has 3 fully saturated rings. The second kappa shape index (κ2) is 6.33. The summed E-state index contributed by atoms with van der Waals surface area (Å²) in [7, 11) is 0. The molecule has 2 saturated heterocycles. The summed E-state index contributed by atoms with van der Waals surface area (Å²) in [6.45, 7) is 12.5. The molecule has 3 aliphatic rings. The van der Waals surface area contributed by atoms with Gasteiger partial charge in [0.05, 0.1) is 0 Å². The highest BCUT2D eigenvalue weighted by Crippen LogP contribution is 2.32. The van der Waals surface area contributed by atoms with Gasteiger partial charge in [0, 0.05) is 31.2 Å². The monoisotopic (exact) mass is 279 g/mol. The zero-order valence-electron chi connectivity index (χ0n) is 13.5. The van der Waals surface area contributed by atoms with Crippen molar-refractivity contribution >= 4 is 0 Å². The molecule has 0 radical (unpaired) electrons. The first-order valence-corrected chi connectivity index (χ1v) is 8.88. The van der Waals surface area contributed by atoms with Crippen LogP contribution in [0.1, 0.15) is 52.4 Å². The van der Waals surface area contributed by atoms with E-state index in [1.54, 1.807) is 0 Å². The molecule has 1 spiro atoms. The minimum Gasteiger partial charge on any atom is -0.310 e.